The van der Waals surface area contributed by atoms with Crippen molar-refractivity contribution in [3.63, 3.8) is 0 Å². The quantitative estimate of drug-likeness (QED) is 0.599. The molecule has 27 heavy (non-hydrogen) atoms. The molecular weight excluding hydrogens is 338 g/mol. The fourth-order valence-electron chi connectivity index (χ4n) is 3.23. The minimum Gasteiger partial charge on any atom is -0.480 e. The summed E-state index contributed by atoms with van der Waals surface area (Å²) >= 11 is 0. The SMILES string of the molecule is NC(CCOC(c1ccccc1)(c1ccccc1)c1ccccc1)C(=O)O. The average molecular weight is 361 g/mol. The van der Waals surface area contributed by atoms with Gasteiger partial charge in [0.1, 0.15) is 11.6 Å². The molecule has 0 aromatic heterocycles. The molecule has 0 spiro atoms. The van der Waals surface area contributed by atoms with Gasteiger partial charge in [-0.25, -0.2) is 0 Å². The summed E-state index contributed by atoms with van der Waals surface area (Å²) in [7, 11) is 0. The molecule has 3 N–H and O–H groups in total. The minimum absolute atomic E-state index is 0.214. The maximum absolute atomic E-state index is 11.1. The molecule has 3 aromatic rings. The van der Waals surface area contributed by atoms with E-state index in [1.54, 1.807) is 0 Å². The molecule has 0 aliphatic rings. The van der Waals surface area contributed by atoms with Crippen LogP contribution in [0.4, 0.5) is 0 Å². The molecule has 4 heteroatoms. The Labute approximate surface area is 159 Å². The number of carboxylic acids is 1. The van der Waals surface area contributed by atoms with Gasteiger partial charge in [-0.05, 0) is 23.1 Å². The lowest BCUT2D eigenvalue weighted by Crippen LogP contribution is -2.36. The van der Waals surface area contributed by atoms with Gasteiger partial charge in [0.15, 0.2) is 0 Å². The van der Waals surface area contributed by atoms with E-state index in [9.17, 15) is 4.79 Å². The third-order valence-electron chi connectivity index (χ3n) is 4.61. The molecule has 0 amide bonds. The van der Waals surface area contributed by atoms with Crippen molar-refractivity contribution in [1.82, 2.24) is 0 Å². The summed E-state index contributed by atoms with van der Waals surface area (Å²) in [5, 5.41) is 9.08. The zero-order chi connectivity index (χ0) is 19.1. The molecule has 0 saturated heterocycles. The maximum atomic E-state index is 11.1. The second kappa shape index (κ2) is 8.62. The molecule has 138 valence electrons. The Morgan fingerprint density at radius 2 is 1.19 bits per heavy atom. The first kappa shape index (κ1) is 18.8. The molecule has 0 bridgehead atoms. The van der Waals surface area contributed by atoms with E-state index < -0.39 is 17.6 Å². The van der Waals surface area contributed by atoms with Crippen molar-refractivity contribution in [3.05, 3.63) is 108 Å². The third kappa shape index (κ3) is 4.08. The van der Waals surface area contributed by atoms with Crippen molar-refractivity contribution in [2.24, 2.45) is 5.73 Å². The van der Waals surface area contributed by atoms with Crippen LogP contribution in [-0.2, 0) is 15.1 Å². The highest BCUT2D eigenvalue weighted by atomic mass is 16.5. The molecule has 4 nitrogen and oxygen atoms in total. The predicted molar refractivity (Wildman–Crippen MR) is 105 cm³/mol. The first-order valence-corrected chi connectivity index (χ1v) is 8.93. The van der Waals surface area contributed by atoms with E-state index in [1.807, 2.05) is 91.0 Å². The molecule has 0 fully saturated rings. The molecule has 1 unspecified atom stereocenters. The van der Waals surface area contributed by atoms with Gasteiger partial charge in [0.2, 0.25) is 0 Å². The van der Waals surface area contributed by atoms with Crippen molar-refractivity contribution >= 4 is 5.97 Å². The van der Waals surface area contributed by atoms with E-state index in [0.717, 1.165) is 16.7 Å². The minimum atomic E-state index is -1.02. The number of hydrogen-bond donors (Lipinski definition) is 2. The molecule has 3 aromatic carbocycles. The fraction of sp³-hybridized carbons (Fsp3) is 0.174. The molecule has 0 heterocycles. The largest absolute Gasteiger partial charge is 0.480 e. The second-order valence-electron chi connectivity index (χ2n) is 6.36. The van der Waals surface area contributed by atoms with Crippen LogP contribution in [0.15, 0.2) is 91.0 Å². The molecule has 0 radical (unpaired) electrons. The molecule has 3 rings (SSSR count). The predicted octanol–water partition coefficient (Wildman–Crippen LogP) is 3.80. The van der Waals surface area contributed by atoms with Gasteiger partial charge in [0, 0.05) is 0 Å². The summed E-state index contributed by atoms with van der Waals surface area (Å²) < 4.78 is 6.47. The Balaban J connectivity index is 2.10. The van der Waals surface area contributed by atoms with Crippen LogP contribution in [0.1, 0.15) is 23.1 Å². The highest BCUT2D eigenvalue weighted by molar-refractivity contribution is 5.72. The smallest absolute Gasteiger partial charge is 0.320 e. The lowest BCUT2D eigenvalue weighted by molar-refractivity contribution is -0.139. The molecule has 0 saturated carbocycles. The Morgan fingerprint density at radius 1 is 0.815 bits per heavy atom. The zero-order valence-corrected chi connectivity index (χ0v) is 15.0. The molecular formula is C23H23NO3. The van der Waals surface area contributed by atoms with E-state index in [-0.39, 0.29) is 13.0 Å². The van der Waals surface area contributed by atoms with Gasteiger partial charge >= 0.3 is 5.97 Å². The Morgan fingerprint density at radius 3 is 1.52 bits per heavy atom. The van der Waals surface area contributed by atoms with Crippen molar-refractivity contribution in [2.75, 3.05) is 6.61 Å². The van der Waals surface area contributed by atoms with Gasteiger partial charge in [-0.1, -0.05) is 91.0 Å². The van der Waals surface area contributed by atoms with Crippen LogP contribution in [0.2, 0.25) is 0 Å². The molecule has 1 atom stereocenters. The summed E-state index contributed by atoms with van der Waals surface area (Å²) in [5.41, 5.74) is 7.77. The first-order chi connectivity index (χ1) is 13.1. The maximum Gasteiger partial charge on any atom is 0.320 e. The number of aliphatic carboxylic acids is 1. The number of rotatable bonds is 8. The van der Waals surface area contributed by atoms with Gasteiger partial charge in [0.25, 0.3) is 0 Å². The average Bonchev–Trinajstić information content (AvgIpc) is 2.73. The van der Waals surface area contributed by atoms with Crippen LogP contribution in [-0.4, -0.2) is 23.7 Å². The Kier molecular flexibility index (Phi) is 6.01. The van der Waals surface area contributed by atoms with Crippen molar-refractivity contribution in [1.29, 1.82) is 0 Å². The highest BCUT2D eigenvalue weighted by Crippen LogP contribution is 2.40. The van der Waals surface area contributed by atoms with E-state index in [2.05, 4.69) is 0 Å². The van der Waals surface area contributed by atoms with Gasteiger partial charge in [-0.2, -0.15) is 0 Å². The second-order valence-corrected chi connectivity index (χ2v) is 6.36. The van der Waals surface area contributed by atoms with Crippen LogP contribution in [0, 0.1) is 0 Å². The zero-order valence-electron chi connectivity index (χ0n) is 15.0. The number of benzene rings is 3. The number of hydrogen-bond acceptors (Lipinski definition) is 3. The Bertz CT molecular complexity index is 754. The van der Waals surface area contributed by atoms with Crippen molar-refractivity contribution in [3.8, 4) is 0 Å². The van der Waals surface area contributed by atoms with Crippen LogP contribution in [0.3, 0.4) is 0 Å². The van der Waals surface area contributed by atoms with E-state index in [4.69, 9.17) is 15.6 Å². The monoisotopic (exact) mass is 361 g/mol. The first-order valence-electron chi connectivity index (χ1n) is 8.93. The van der Waals surface area contributed by atoms with E-state index in [1.165, 1.54) is 0 Å². The summed E-state index contributed by atoms with van der Waals surface area (Å²) in [4.78, 5) is 11.1. The summed E-state index contributed by atoms with van der Waals surface area (Å²) in [6.07, 6.45) is 0.226. The number of ether oxygens (including phenoxy) is 1. The number of nitrogens with two attached hydrogens (primary N) is 1. The standard InChI is InChI=1S/C23H23NO3/c24-21(22(25)26)16-17-27-23(18-10-4-1-5-11-18,19-12-6-2-7-13-19)20-14-8-3-9-15-20/h1-15,21H,16-17,24H2,(H,25,26). The van der Waals surface area contributed by atoms with E-state index in [0.29, 0.717) is 0 Å². The summed E-state index contributed by atoms with van der Waals surface area (Å²) in [6, 6.07) is 28.9. The lowest BCUT2D eigenvalue weighted by Gasteiger charge is -2.36. The van der Waals surface area contributed by atoms with Crippen LogP contribution >= 0.6 is 0 Å². The summed E-state index contributed by atoms with van der Waals surface area (Å²) in [6.45, 7) is 0.214. The molecule has 0 aliphatic heterocycles. The topological polar surface area (TPSA) is 72.5 Å². The Hall–Kier alpha value is -2.95. The van der Waals surface area contributed by atoms with Crippen molar-refractivity contribution in [2.45, 2.75) is 18.1 Å². The van der Waals surface area contributed by atoms with Gasteiger partial charge < -0.3 is 15.6 Å². The van der Waals surface area contributed by atoms with Gasteiger partial charge in [-0.15, -0.1) is 0 Å². The van der Waals surface area contributed by atoms with Gasteiger partial charge in [-0.3, -0.25) is 4.79 Å². The third-order valence-corrected chi connectivity index (χ3v) is 4.61. The lowest BCUT2D eigenvalue weighted by atomic mass is 9.80. The summed E-state index contributed by atoms with van der Waals surface area (Å²) in [5.74, 6) is -1.02. The van der Waals surface area contributed by atoms with Crippen molar-refractivity contribution < 1.29 is 14.6 Å². The van der Waals surface area contributed by atoms with Crippen LogP contribution < -0.4 is 5.73 Å². The van der Waals surface area contributed by atoms with E-state index >= 15 is 0 Å². The normalized spacial score (nSPS) is 12.5. The molecule has 0 aliphatic carbocycles. The van der Waals surface area contributed by atoms with Crippen LogP contribution in [0.5, 0.6) is 0 Å². The highest BCUT2D eigenvalue weighted by Gasteiger charge is 2.37. The number of carboxylic acid groups (broad SMARTS) is 1. The number of carbonyl (C=O) groups is 1. The van der Waals surface area contributed by atoms with Gasteiger partial charge in [0.05, 0.1) is 6.61 Å². The fourth-order valence-corrected chi connectivity index (χ4v) is 3.23. The van der Waals surface area contributed by atoms with Crippen LogP contribution in [0.25, 0.3) is 0 Å².